The van der Waals surface area contributed by atoms with E-state index in [-0.39, 0.29) is 12.5 Å². The summed E-state index contributed by atoms with van der Waals surface area (Å²) in [6.45, 7) is 8.24. The zero-order chi connectivity index (χ0) is 13.7. The highest BCUT2D eigenvalue weighted by atomic mass is 16.4. The van der Waals surface area contributed by atoms with Crippen LogP contribution in [-0.2, 0) is 11.2 Å². The van der Waals surface area contributed by atoms with Crippen LogP contribution in [0.2, 0.25) is 0 Å². The second-order valence-corrected chi connectivity index (χ2v) is 5.24. The van der Waals surface area contributed by atoms with Crippen LogP contribution >= 0.6 is 0 Å². The largest absolute Gasteiger partial charge is 0.481 e. The fourth-order valence-electron chi connectivity index (χ4n) is 2.09. The molecule has 0 amide bonds. The van der Waals surface area contributed by atoms with E-state index in [1.54, 1.807) is 0 Å². The van der Waals surface area contributed by atoms with Crippen LogP contribution in [0.15, 0.2) is 18.2 Å². The van der Waals surface area contributed by atoms with E-state index in [4.69, 9.17) is 5.11 Å². The zero-order valence-electron chi connectivity index (χ0n) is 11.7. The van der Waals surface area contributed by atoms with E-state index < -0.39 is 5.97 Å². The molecule has 100 valence electrons. The van der Waals surface area contributed by atoms with Gasteiger partial charge in [-0.2, -0.15) is 0 Å². The number of benzene rings is 1. The van der Waals surface area contributed by atoms with E-state index in [9.17, 15) is 4.79 Å². The summed E-state index contributed by atoms with van der Waals surface area (Å²) in [5.74, 6) is -0.753. The Hall–Kier alpha value is -1.35. The number of rotatable bonds is 6. The molecule has 0 spiro atoms. The topological polar surface area (TPSA) is 49.3 Å². The first-order valence-electron chi connectivity index (χ1n) is 6.42. The van der Waals surface area contributed by atoms with Crippen LogP contribution in [0, 0.1) is 13.8 Å². The number of carbonyl (C=O) groups is 1. The Morgan fingerprint density at radius 1 is 1.28 bits per heavy atom. The molecule has 0 radical (unpaired) electrons. The van der Waals surface area contributed by atoms with Crippen LogP contribution in [0.4, 0.5) is 0 Å². The maximum Gasteiger partial charge on any atom is 0.304 e. The van der Waals surface area contributed by atoms with Gasteiger partial charge in [-0.15, -0.1) is 0 Å². The Labute approximate surface area is 109 Å². The monoisotopic (exact) mass is 249 g/mol. The van der Waals surface area contributed by atoms with Crippen LogP contribution in [0.5, 0.6) is 0 Å². The molecule has 3 nitrogen and oxygen atoms in total. The summed E-state index contributed by atoms with van der Waals surface area (Å²) >= 11 is 0. The second-order valence-electron chi connectivity index (χ2n) is 5.24. The summed E-state index contributed by atoms with van der Waals surface area (Å²) in [6, 6.07) is 6.61. The summed E-state index contributed by atoms with van der Waals surface area (Å²) in [7, 11) is 0. The van der Waals surface area contributed by atoms with Gasteiger partial charge in [0.2, 0.25) is 0 Å². The van der Waals surface area contributed by atoms with Crippen molar-refractivity contribution in [1.29, 1.82) is 0 Å². The van der Waals surface area contributed by atoms with Crippen molar-refractivity contribution < 1.29 is 9.90 Å². The lowest BCUT2D eigenvalue weighted by atomic mass is 9.99. The predicted molar refractivity (Wildman–Crippen MR) is 73.9 cm³/mol. The van der Waals surface area contributed by atoms with Crippen molar-refractivity contribution >= 4 is 5.97 Å². The molecule has 1 atom stereocenters. The van der Waals surface area contributed by atoms with Crippen molar-refractivity contribution in [1.82, 2.24) is 5.32 Å². The molecule has 0 fully saturated rings. The summed E-state index contributed by atoms with van der Waals surface area (Å²) < 4.78 is 0. The Kier molecular flexibility index (Phi) is 5.35. The molecule has 0 heterocycles. The van der Waals surface area contributed by atoms with Crippen molar-refractivity contribution in [3.05, 3.63) is 34.9 Å². The highest BCUT2D eigenvalue weighted by molar-refractivity contribution is 5.67. The van der Waals surface area contributed by atoms with Crippen LogP contribution in [0.25, 0.3) is 0 Å². The molecule has 0 saturated heterocycles. The van der Waals surface area contributed by atoms with Gasteiger partial charge in [0, 0.05) is 12.1 Å². The molecule has 18 heavy (non-hydrogen) atoms. The minimum Gasteiger partial charge on any atom is -0.481 e. The van der Waals surface area contributed by atoms with Crippen molar-refractivity contribution in [2.45, 2.75) is 52.6 Å². The Bertz CT molecular complexity index is 413. The number of nitrogens with one attached hydrogen (secondary N) is 1. The van der Waals surface area contributed by atoms with E-state index in [1.165, 1.54) is 16.7 Å². The van der Waals surface area contributed by atoms with Gasteiger partial charge >= 0.3 is 5.97 Å². The van der Waals surface area contributed by atoms with E-state index in [0.717, 1.165) is 6.42 Å². The molecule has 1 aromatic rings. The van der Waals surface area contributed by atoms with Gasteiger partial charge in [-0.1, -0.05) is 32.0 Å². The van der Waals surface area contributed by atoms with Gasteiger partial charge in [0.15, 0.2) is 0 Å². The van der Waals surface area contributed by atoms with E-state index in [2.05, 4.69) is 37.4 Å². The van der Waals surface area contributed by atoms with E-state index in [1.807, 2.05) is 13.8 Å². The summed E-state index contributed by atoms with van der Waals surface area (Å²) in [5.41, 5.74) is 3.72. The Morgan fingerprint density at radius 2 is 1.94 bits per heavy atom. The molecular formula is C15H23NO2. The minimum absolute atomic E-state index is 0.00962. The molecule has 1 unspecified atom stereocenters. The van der Waals surface area contributed by atoms with Crippen molar-refractivity contribution in [3.8, 4) is 0 Å². The molecule has 0 saturated carbocycles. The van der Waals surface area contributed by atoms with Crippen molar-refractivity contribution in [2.24, 2.45) is 0 Å². The molecule has 0 aliphatic heterocycles. The number of aliphatic carboxylic acids is 1. The lowest BCUT2D eigenvalue weighted by Gasteiger charge is -2.20. The fourth-order valence-corrected chi connectivity index (χ4v) is 2.09. The number of hydrogen-bond acceptors (Lipinski definition) is 2. The first-order chi connectivity index (χ1) is 8.38. The zero-order valence-corrected chi connectivity index (χ0v) is 11.7. The number of carboxylic acids is 1. The van der Waals surface area contributed by atoms with Gasteiger partial charge in [0.05, 0.1) is 6.42 Å². The van der Waals surface area contributed by atoms with Crippen LogP contribution in [0.1, 0.15) is 37.0 Å². The van der Waals surface area contributed by atoms with Crippen LogP contribution in [-0.4, -0.2) is 23.2 Å². The maximum absolute atomic E-state index is 10.9. The average molecular weight is 249 g/mol. The highest BCUT2D eigenvalue weighted by Gasteiger charge is 2.14. The van der Waals surface area contributed by atoms with Crippen molar-refractivity contribution in [3.63, 3.8) is 0 Å². The van der Waals surface area contributed by atoms with Gasteiger partial charge in [-0.3, -0.25) is 4.79 Å². The molecule has 0 aliphatic rings. The fraction of sp³-hybridized carbons (Fsp3) is 0.533. The number of carboxylic acid groups (broad SMARTS) is 1. The molecular weight excluding hydrogens is 226 g/mol. The van der Waals surface area contributed by atoms with Gasteiger partial charge in [-0.05, 0) is 37.0 Å². The summed E-state index contributed by atoms with van der Waals surface area (Å²) in [6.07, 6.45) is 0.913. The molecule has 2 N–H and O–H groups in total. The quantitative estimate of drug-likeness (QED) is 0.815. The highest BCUT2D eigenvalue weighted by Crippen LogP contribution is 2.13. The first-order valence-corrected chi connectivity index (χ1v) is 6.42. The SMILES string of the molecule is Cc1ccc(CC(CC(=O)O)NC(C)C)cc1C. The Balaban J connectivity index is 2.74. The summed E-state index contributed by atoms with van der Waals surface area (Å²) in [4.78, 5) is 10.9. The maximum atomic E-state index is 10.9. The third kappa shape index (κ3) is 4.88. The molecule has 3 heteroatoms. The standard InChI is InChI=1S/C15H23NO2/c1-10(2)16-14(9-15(17)18)8-13-6-5-11(3)12(4)7-13/h5-7,10,14,16H,8-9H2,1-4H3,(H,17,18). The first kappa shape index (κ1) is 14.7. The lowest BCUT2D eigenvalue weighted by Crippen LogP contribution is -2.38. The van der Waals surface area contributed by atoms with Crippen LogP contribution in [0.3, 0.4) is 0 Å². The van der Waals surface area contributed by atoms with E-state index >= 15 is 0 Å². The van der Waals surface area contributed by atoms with Gasteiger partial charge < -0.3 is 10.4 Å². The molecule has 0 aliphatic carbocycles. The van der Waals surface area contributed by atoms with Crippen LogP contribution < -0.4 is 5.32 Å². The molecule has 1 rings (SSSR count). The molecule has 0 aromatic heterocycles. The third-order valence-electron chi connectivity index (χ3n) is 3.04. The smallest absolute Gasteiger partial charge is 0.304 e. The Morgan fingerprint density at radius 3 is 2.44 bits per heavy atom. The summed E-state index contributed by atoms with van der Waals surface area (Å²) in [5, 5.41) is 12.2. The van der Waals surface area contributed by atoms with E-state index in [0.29, 0.717) is 6.04 Å². The molecule has 0 bridgehead atoms. The van der Waals surface area contributed by atoms with Crippen molar-refractivity contribution in [2.75, 3.05) is 0 Å². The van der Waals surface area contributed by atoms with Gasteiger partial charge in [0.1, 0.15) is 0 Å². The molecule has 1 aromatic carbocycles. The second kappa shape index (κ2) is 6.55. The van der Waals surface area contributed by atoms with Gasteiger partial charge in [-0.25, -0.2) is 0 Å². The predicted octanol–water partition coefficient (Wildman–Crippen LogP) is 2.69. The number of aryl methyl sites for hydroxylation is 2. The average Bonchev–Trinajstić information content (AvgIpc) is 2.21. The number of hydrogen-bond donors (Lipinski definition) is 2. The third-order valence-corrected chi connectivity index (χ3v) is 3.04. The van der Waals surface area contributed by atoms with Gasteiger partial charge in [0.25, 0.3) is 0 Å². The lowest BCUT2D eigenvalue weighted by molar-refractivity contribution is -0.137. The normalized spacial score (nSPS) is 12.7. The minimum atomic E-state index is -0.753.